The zero-order valence-electron chi connectivity index (χ0n) is 20.8. The molecule has 0 fully saturated rings. The van der Waals surface area contributed by atoms with E-state index in [0.29, 0.717) is 61.2 Å². The summed E-state index contributed by atoms with van der Waals surface area (Å²) in [7, 11) is 0. The first-order valence-electron chi connectivity index (χ1n) is 11.8. The fraction of sp³-hybridized carbons (Fsp3) is 0.370. The highest BCUT2D eigenvalue weighted by molar-refractivity contribution is 5.93. The van der Waals surface area contributed by atoms with E-state index in [2.05, 4.69) is 10.4 Å². The Balaban J connectivity index is 1.49. The number of hydrogen-bond donors (Lipinski definition) is 1. The molecule has 0 saturated carbocycles. The van der Waals surface area contributed by atoms with Crippen LogP contribution < -0.4 is 14.8 Å². The molecule has 0 unspecified atom stereocenters. The molecule has 0 bridgehead atoms. The average molecular weight is 480 g/mol. The van der Waals surface area contributed by atoms with Crippen molar-refractivity contribution < 1.29 is 23.8 Å². The Bertz CT molecular complexity index is 1140. The van der Waals surface area contributed by atoms with Crippen LogP contribution in [0.15, 0.2) is 48.5 Å². The van der Waals surface area contributed by atoms with Crippen LogP contribution in [0, 0.1) is 13.8 Å². The highest BCUT2D eigenvalue weighted by atomic mass is 16.5. The molecule has 0 saturated heterocycles. The lowest BCUT2D eigenvalue weighted by molar-refractivity contribution is -0.124. The van der Waals surface area contributed by atoms with E-state index in [1.807, 2.05) is 69.3 Å². The Morgan fingerprint density at radius 3 is 2.37 bits per heavy atom. The van der Waals surface area contributed by atoms with Crippen LogP contribution in [-0.2, 0) is 22.5 Å². The summed E-state index contributed by atoms with van der Waals surface area (Å²) < 4.78 is 18.3. The molecule has 0 aliphatic carbocycles. The van der Waals surface area contributed by atoms with Gasteiger partial charge >= 0.3 is 5.97 Å². The standard InChI is InChI=1S/C27H33N3O5/c1-5-33-23-13-12-21(16-24(23)34-6-2)14-15-28-25(31)18-35-27(32)26-19(3)29-30(20(26)4)17-22-10-8-7-9-11-22/h7-13,16H,5-6,14-15,17-18H2,1-4H3,(H,28,31). The molecule has 1 heterocycles. The molecule has 1 aromatic heterocycles. The molecular formula is C27H33N3O5. The van der Waals surface area contributed by atoms with E-state index in [4.69, 9.17) is 14.2 Å². The minimum atomic E-state index is -0.553. The van der Waals surface area contributed by atoms with Crippen molar-refractivity contribution in [2.24, 2.45) is 0 Å². The van der Waals surface area contributed by atoms with Gasteiger partial charge in [-0.25, -0.2) is 4.79 Å². The minimum Gasteiger partial charge on any atom is -0.490 e. The molecule has 0 aliphatic rings. The quantitative estimate of drug-likeness (QED) is 0.397. The Labute approximate surface area is 206 Å². The van der Waals surface area contributed by atoms with E-state index in [-0.39, 0.29) is 12.5 Å². The number of amides is 1. The molecule has 1 amide bonds. The van der Waals surface area contributed by atoms with Crippen LogP contribution in [0.3, 0.4) is 0 Å². The number of aromatic nitrogens is 2. The molecular weight excluding hydrogens is 446 g/mol. The Morgan fingerprint density at radius 1 is 0.943 bits per heavy atom. The maximum Gasteiger partial charge on any atom is 0.342 e. The number of aryl methyl sites for hydroxylation is 1. The Morgan fingerprint density at radius 2 is 1.66 bits per heavy atom. The number of rotatable bonds is 12. The number of carbonyl (C=O) groups excluding carboxylic acids is 2. The third-order valence-corrected chi connectivity index (χ3v) is 5.44. The second-order valence-corrected chi connectivity index (χ2v) is 8.01. The first-order valence-corrected chi connectivity index (χ1v) is 11.8. The van der Waals surface area contributed by atoms with Gasteiger partial charge in [0.25, 0.3) is 5.91 Å². The molecule has 186 valence electrons. The minimum absolute atomic E-state index is 0.352. The van der Waals surface area contributed by atoms with Crippen LogP contribution in [0.1, 0.15) is 46.7 Å². The summed E-state index contributed by atoms with van der Waals surface area (Å²) in [5, 5.41) is 7.26. The Hall–Kier alpha value is -3.81. The van der Waals surface area contributed by atoms with Gasteiger partial charge in [0.2, 0.25) is 0 Å². The summed E-state index contributed by atoms with van der Waals surface area (Å²) in [4.78, 5) is 24.9. The van der Waals surface area contributed by atoms with E-state index >= 15 is 0 Å². The zero-order chi connectivity index (χ0) is 25.2. The van der Waals surface area contributed by atoms with Crippen LogP contribution in [0.5, 0.6) is 11.5 Å². The van der Waals surface area contributed by atoms with Crippen LogP contribution >= 0.6 is 0 Å². The monoisotopic (exact) mass is 479 g/mol. The maximum absolute atomic E-state index is 12.7. The lowest BCUT2D eigenvalue weighted by Gasteiger charge is -2.12. The molecule has 3 rings (SSSR count). The third-order valence-electron chi connectivity index (χ3n) is 5.44. The van der Waals surface area contributed by atoms with Gasteiger partial charge in [-0.05, 0) is 57.4 Å². The van der Waals surface area contributed by atoms with E-state index in [0.717, 1.165) is 11.1 Å². The number of carbonyl (C=O) groups is 2. The summed E-state index contributed by atoms with van der Waals surface area (Å²) in [5.74, 6) is 0.473. The summed E-state index contributed by atoms with van der Waals surface area (Å²) in [6.07, 6.45) is 0.608. The van der Waals surface area contributed by atoms with Crippen molar-refractivity contribution in [3.8, 4) is 11.5 Å². The molecule has 1 N–H and O–H groups in total. The van der Waals surface area contributed by atoms with Crippen LogP contribution in [0.4, 0.5) is 0 Å². The van der Waals surface area contributed by atoms with Crippen molar-refractivity contribution in [2.75, 3.05) is 26.4 Å². The predicted octanol–water partition coefficient (Wildman–Crippen LogP) is 3.86. The molecule has 8 nitrogen and oxygen atoms in total. The van der Waals surface area contributed by atoms with E-state index in [1.54, 1.807) is 11.6 Å². The van der Waals surface area contributed by atoms with Crippen molar-refractivity contribution in [1.82, 2.24) is 15.1 Å². The van der Waals surface area contributed by atoms with Crippen LogP contribution in [-0.4, -0.2) is 48.0 Å². The normalized spacial score (nSPS) is 10.6. The van der Waals surface area contributed by atoms with Gasteiger partial charge in [0.1, 0.15) is 5.56 Å². The van der Waals surface area contributed by atoms with Gasteiger partial charge in [0.05, 0.1) is 31.1 Å². The number of ether oxygens (including phenoxy) is 3. The third kappa shape index (κ3) is 7.09. The van der Waals surface area contributed by atoms with Gasteiger partial charge in [0.15, 0.2) is 18.1 Å². The summed E-state index contributed by atoms with van der Waals surface area (Å²) in [6.45, 7) is 9.13. The topological polar surface area (TPSA) is 91.7 Å². The molecule has 8 heteroatoms. The number of nitrogens with one attached hydrogen (secondary N) is 1. The zero-order valence-corrected chi connectivity index (χ0v) is 20.8. The highest BCUT2D eigenvalue weighted by Crippen LogP contribution is 2.28. The number of nitrogens with zero attached hydrogens (tertiary/aromatic N) is 2. The van der Waals surface area contributed by atoms with E-state index in [9.17, 15) is 9.59 Å². The fourth-order valence-corrected chi connectivity index (χ4v) is 3.75. The molecule has 0 aliphatic heterocycles. The van der Waals surface area contributed by atoms with Crippen molar-refractivity contribution in [2.45, 2.75) is 40.7 Å². The molecule has 2 aromatic carbocycles. The molecule has 0 spiro atoms. The number of benzene rings is 2. The first-order chi connectivity index (χ1) is 16.9. The molecule has 35 heavy (non-hydrogen) atoms. The van der Waals surface area contributed by atoms with Crippen LogP contribution in [0.25, 0.3) is 0 Å². The van der Waals surface area contributed by atoms with Gasteiger partial charge in [-0.2, -0.15) is 5.10 Å². The van der Waals surface area contributed by atoms with E-state index in [1.165, 1.54) is 0 Å². The van der Waals surface area contributed by atoms with Gasteiger partial charge in [0, 0.05) is 6.54 Å². The highest BCUT2D eigenvalue weighted by Gasteiger charge is 2.21. The van der Waals surface area contributed by atoms with Gasteiger partial charge in [-0.3, -0.25) is 9.48 Å². The molecule has 0 atom stereocenters. The van der Waals surface area contributed by atoms with Gasteiger partial charge in [-0.1, -0.05) is 36.4 Å². The van der Waals surface area contributed by atoms with Gasteiger partial charge < -0.3 is 19.5 Å². The lowest BCUT2D eigenvalue weighted by atomic mass is 10.1. The van der Waals surface area contributed by atoms with Crippen molar-refractivity contribution in [1.29, 1.82) is 0 Å². The SMILES string of the molecule is CCOc1ccc(CCNC(=O)COC(=O)c2c(C)nn(Cc3ccccc3)c2C)cc1OCC. The first kappa shape index (κ1) is 25.8. The summed E-state index contributed by atoms with van der Waals surface area (Å²) >= 11 is 0. The number of esters is 1. The predicted molar refractivity (Wildman–Crippen MR) is 133 cm³/mol. The molecule has 0 radical (unpaired) electrons. The van der Waals surface area contributed by atoms with Crippen LogP contribution in [0.2, 0.25) is 0 Å². The lowest BCUT2D eigenvalue weighted by Crippen LogP contribution is -2.30. The van der Waals surface area contributed by atoms with Gasteiger partial charge in [-0.15, -0.1) is 0 Å². The number of hydrogen-bond acceptors (Lipinski definition) is 6. The Kier molecular flexibility index (Phi) is 9.29. The van der Waals surface area contributed by atoms with Crippen molar-refractivity contribution >= 4 is 11.9 Å². The smallest absolute Gasteiger partial charge is 0.342 e. The average Bonchev–Trinajstić information content (AvgIpc) is 3.12. The largest absolute Gasteiger partial charge is 0.490 e. The van der Waals surface area contributed by atoms with Crippen molar-refractivity contribution in [3.05, 3.63) is 76.6 Å². The van der Waals surface area contributed by atoms with Crippen molar-refractivity contribution in [3.63, 3.8) is 0 Å². The second-order valence-electron chi connectivity index (χ2n) is 8.01. The van der Waals surface area contributed by atoms with E-state index < -0.39 is 5.97 Å². The maximum atomic E-state index is 12.7. The molecule has 3 aromatic rings. The summed E-state index contributed by atoms with van der Waals surface area (Å²) in [5.41, 5.74) is 3.76. The fourth-order valence-electron chi connectivity index (χ4n) is 3.75. The summed E-state index contributed by atoms with van der Waals surface area (Å²) in [6, 6.07) is 15.6. The second kappa shape index (κ2) is 12.6.